The Kier molecular flexibility index (Phi) is 6.02. The molecule has 0 spiro atoms. The molecule has 2 N–H and O–H groups in total. The fraction of sp³-hybridized carbons (Fsp3) is 0.263. The van der Waals surface area contributed by atoms with Gasteiger partial charge in [0, 0.05) is 22.0 Å². The number of carbonyl (C=O) groups is 2. The topological polar surface area (TPSA) is 92.3 Å². The molecule has 1 aliphatic rings. The number of rotatable bonds is 5. The highest BCUT2D eigenvalue weighted by atomic mass is 35.5. The highest BCUT2D eigenvalue weighted by molar-refractivity contribution is 8.01. The molecule has 0 saturated heterocycles. The third-order valence-corrected chi connectivity index (χ3v) is 7.91. The van der Waals surface area contributed by atoms with Crippen LogP contribution in [0.1, 0.15) is 20.3 Å². The largest absolute Gasteiger partial charge is 0.326 e. The minimum absolute atomic E-state index is 0.0773. The van der Waals surface area contributed by atoms with Gasteiger partial charge in [-0.05, 0) is 56.3 Å². The van der Waals surface area contributed by atoms with Gasteiger partial charge in [0.1, 0.15) is 0 Å². The lowest BCUT2D eigenvalue weighted by molar-refractivity contribution is -0.116. The van der Waals surface area contributed by atoms with E-state index in [9.17, 15) is 18.0 Å². The Morgan fingerprint density at radius 2 is 1.93 bits per heavy atom. The van der Waals surface area contributed by atoms with Crippen LogP contribution in [0.3, 0.4) is 0 Å². The van der Waals surface area contributed by atoms with Crippen LogP contribution in [0.2, 0.25) is 5.02 Å². The van der Waals surface area contributed by atoms with Gasteiger partial charge < -0.3 is 10.6 Å². The summed E-state index contributed by atoms with van der Waals surface area (Å²) in [5, 5.41) is 4.77. The third kappa shape index (κ3) is 4.51. The third-order valence-electron chi connectivity index (χ3n) is 4.34. The van der Waals surface area contributed by atoms with Crippen molar-refractivity contribution in [3.05, 3.63) is 47.5 Å². The quantitative estimate of drug-likeness (QED) is 0.737. The molecule has 1 aliphatic heterocycles. The van der Waals surface area contributed by atoms with Crippen LogP contribution in [0.25, 0.3) is 0 Å². The Labute approximate surface area is 173 Å². The van der Waals surface area contributed by atoms with E-state index in [-0.39, 0.29) is 22.5 Å². The van der Waals surface area contributed by atoms with E-state index in [1.54, 1.807) is 37.3 Å². The van der Waals surface area contributed by atoms with Crippen molar-refractivity contribution >= 4 is 56.4 Å². The summed E-state index contributed by atoms with van der Waals surface area (Å²) < 4.78 is 25.8. The second-order valence-electron chi connectivity index (χ2n) is 6.52. The zero-order valence-electron chi connectivity index (χ0n) is 15.2. The van der Waals surface area contributed by atoms with Crippen molar-refractivity contribution in [2.75, 3.05) is 10.6 Å². The SMILES string of the molecule is C[C@@H]1Sc2ccc(S(=O)(=O)[C@H](C)CC(=O)Nc3ccc(Cl)cc3)cc2NC1=O. The molecule has 0 aromatic heterocycles. The molecule has 6 nitrogen and oxygen atoms in total. The fourth-order valence-corrected chi connectivity index (χ4v) is 5.14. The van der Waals surface area contributed by atoms with Crippen molar-refractivity contribution in [2.24, 2.45) is 0 Å². The maximum atomic E-state index is 12.9. The van der Waals surface area contributed by atoms with Crippen LogP contribution >= 0.6 is 23.4 Å². The van der Waals surface area contributed by atoms with Crippen LogP contribution < -0.4 is 10.6 Å². The van der Waals surface area contributed by atoms with Gasteiger partial charge in [0.25, 0.3) is 0 Å². The predicted octanol–water partition coefficient (Wildman–Crippen LogP) is 3.96. The Morgan fingerprint density at radius 3 is 2.61 bits per heavy atom. The van der Waals surface area contributed by atoms with E-state index in [0.29, 0.717) is 16.4 Å². The first-order valence-corrected chi connectivity index (χ1v) is 11.4. The second kappa shape index (κ2) is 8.14. The highest BCUT2D eigenvalue weighted by Gasteiger charge is 2.29. The number of benzene rings is 2. The molecule has 3 rings (SSSR count). The second-order valence-corrected chi connectivity index (χ2v) is 10.7. The summed E-state index contributed by atoms with van der Waals surface area (Å²) in [5.41, 5.74) is 1.02. The van der Waals surface area contributed by atoms with Gasteiger partial charge in [0.05, 0.1) is 21.1 Å². The van der Waals surface area contributed by atoms with E-state index in [0.717, 1.165) is 4.90 Å². The first kappa shape index (κ1) is 20.7. The van der Waals surface area contributed by atoms with E-state index in [4.69, 9.17) is 11.6 Å². The van der Waals surface area contributed by atoms with Crippen molar-refractivity contribution in [2.45, 2.75) is 40.6 Å². The lowest BCUT2D eigenvalue weighted by atomic mass is 10.3. The molecule has 0 saturated carbocycles. The summed E-state index contributed by atoms with van der Waals surface area (Å²) in [7, 11) is -3.74. The van der Waals surface area contributed by atoms with Gasteiger partial charge in [-0.15, -0.1) is 11.8 Å². The number of anilines is 2. The van der Waals surface area contributed by atoms with Gasteiger partial charge in [-0.25, -0.2) is 8.42 Å². The number of sulfone groups is 1. The zero-order valence-corrected chi connectivity index (χ0v) is 17.6. The van der Waals surface area contributed by atoms with Crippen molar-refractivity contribution in [3.8, 4) is 0 Å². The van der Waals surface area contributed by atoms with Crippen molar-refractivity contribution in [3.63, 3.8) is 0 Å². The van der Waals surface area contributed by atoms with Gasteiger partial charge >= 0.3 is 0 Å². The smallest absolute Gasteiger partial charge is 0.237 e. The van der Waals surface area contributed by atoms with Gasteiger partial charge in [0.15, 0.2) is 9.84 Å². The van der Waals surface area contributed by atoms with Crippen molar-refractivity contribution < 1.29 is 18.0 Å². The molecule has 2 aromatic carbocycles. The predicted molar refractivity (Wildman–Crippen MR) is 112 cm³/mol. The van der Waals surface area contributed by atoms with Crippen LogP contribution in [0.5, 0.6) is 0 Å². The number of nitrogens with one attached hydrogen (secondary N) is 2. The molecule has 28 heavy (non-hydrogen) atoms. The Balaban J connectivity index is 1.73. The highest BCUT2D eigenvalue weighted by Crippen LogP contribution is 2.37. The lowest BCUT2D eigenvalue weighted by Crippen LogP contribution is -2.27. The molecule has 9 heteroatoms. The van der Waals surface area contributed by atoms with Crippen LogP contribution in [-0.2, 0) is 19.4 Å². The number of fused-ring (bicyclic) bond motifs is 1. The Hall–Kier alpha value is -2.03. The molecule has 0 aliphatic carbocycles. The molecule has 0 radical (unpaired) electrons. The van der Waals surface area contributed by atoms with Crippen molar-refractivity contribution in [1.82, 2.24) is 0 Å². The number of thioether (sulfide) groups is 1. The summed E-state index contributed by atoms with van der Waals surface area (Å²) >= 11 is 7.19. The van der Waals surface area contributed by atoms with Crippen LogP contribution in [-0.4, -0.2) is 30.7 Å². The first-order chi connectivity index (χ1) is 13.2. The van der Waals surface area contributed by atoms with Gasteiger partial charge in [-0.1, -0.05) is 11.6 Å². The normalized spacial score (nSPS) is 17.4. The summed E-state index contributed by atoms with van der Waals surface area (Å²) in [6, 6.07) is 11.2. The van der Waals surface area contributed by atoms with E-state index < -0.39 is 21.0 Å². The number of carbonyl (C=O) groups excluding carboxylic acids is 2. The van der Waals surface area contributed by atoms with E-state index in [1.807, 2.05) is 0 Å². The van der Waals surface area contributed by atoms with E-state index in [2.05, 4.69) is 10.6 Å². The monoisotopic (exact) mass is 438 g/mol. The zero-order chi connectivity index (χ0) is 20.5. The lowest BCUT2D eigenvalue weighted by Gasteiger charge is -2.22. The summed E-state index contributed by atoms with van der Waals surface area (Å²) in [4.78, 5) is 25.0. The van der Waals surface area contributed by atoms with Gasteiger partial charge in [0.2, 0.25) is 11.8 Å². The Morgan fingerprint density at radius 1 is 1.25 bits per heavy atom. The van der Waals surface area contributed by atoms with Gasteiger partial charge in [-0.2, -0.15) is 0 Å². The molecule has 2 amide bonds. The molecule has 148 valence electrons. The number of hydrogen-bond acceptors (Lipinski definition) is 5. The van der Waals surface area contributed by atoms with Crippen molar-refractivity contribution in [1.29, 1.82) is 0 Å². The minimum Gasteiger partial charge on any atom is -0.326 e. The molecule has 0 bridgehead atoms. The average Bonchev–Trinajstić information content (AvgIpc) is 2.64. The van der Waals surface area contributed by atoms with Crippen LogP contribution in [0.15, 0.2) is 52.3 Å². The summed E-state index contributed by atoms with van der Waals surface area (Å²) in [6.07, 6.45) is -0.194. The summed E-state index contributed by atoms with van der Waals surface area (Å²) in [6.45, 7) is 3.28. The molecule has 2 atom stereocenters. The maximum absolute atomic E-state index is 12.9. The van der Waals surface area contributed by atoms with Crippen LogP contribution in [0, 0.1) is 0 Å². The molecule has 2 aromatic rings. The molecular formula is C19H19ClN2O4S2. The molecule has 1 heterocycles. The number of hydrogen-bond donors (Lipinski definition) is 2. The van der Waals surface area contributed by atoms with Gasteiger partial charge in [-0.3, -0.25) is 9.59 Å². The fourth-order valence-electron chi connectivity index (χ4n) is 2.71. The maximum Gasteiger partial charge on any atom is 0.237 e. The van der Waals surface area contributed by atoms with E-state index >= 15 is 0 Å². The number of halogens is 1. The number of amides is 2. The average molecular weight is 439 g/mol. The van der Waals surface area contributed by atoms with E-state index in [1.165, 1.54) is 30.8 Å². The molecule has 0 unspecified atom stereocenters. The van der Waals surface area contributed by atoms with Crippen LogP contribution in [0.4, 0.5) is 11.4 Å². The standard InChI is InChI=1S/C19H19ClN2O4S2/c1-11(9-18(23)21-14-5-3-13(20)4-6-14)28(25,26)15-7-8-17-16(10-15)22-19(24)12(2)27-17/h3-8,10-12H,9H2,1-2H3,(H,21,23)(H,22,24)/t11-,12+/m1/s1. The minimum atomic E-state index is -3.74. The Bertz CT molecular complexity index is 1020. The molecule has 0 fully saturated rings. The molecular weight excluding hydrogens is 420 g/mol. The first-order valence-electron chi connectivity index (χ1n) is 8.57. The summed E-state index contributed by atoms with van der Waals surface area (Å²) in [5.74, 6) is -0.573.